The monoisotopic (exact) mass is 462 g/mol. The number of carbonyl (C=O) groups excluding carboxylic acids is 1. The SMILES string of the molecule is CCCCCCCCCCCCn1nnnc1NC(=O)Nc1c(OC)cc(OC)cc1OC. The van der Waals surface area contributed by atoms with Crippen molar-refractivity contribution in [2.24, 2.45) is 0 Å². The molecule has 33 heavy (non-hydrogen) atoms. The number of hydrogen-bond acceptors (Lipinski definition) is 7. The van der Waals surface area contributed by atoms with E-state index in [4.69, 9.17) is 14.2 Å². The van der Waals surface area contributed by atoms with E-state index in [-0.39, 0.29) is 5.95 Å². The highest BCUT2D eigenvalue weighted by Gasteiger charge is 2.17. The zero-order valence-electron chi connectivity index (χ0n) is 20.4. The van der Waals surface area contributed by atoms with Crippen LogP contribution in [0.25, 0.3) is 0 Å². The summed E-state index contributed by atoms with van der Waals surface area (Å²) in [5.41, 5.74) is 0.381. The van der Waals surface area contributed by atoms with Crippen LogP contribution in [0.15, 0.2) is 12.1 Å². The second kappa shape index (κ2) is 14.9. The Balaban J connectivity index is 1.79. The van der Waals surface area contributed by atoms with Crippen molar-refractivity contribution < 1.29 is 19.0 Å². The lowest BCUT2D eigenvalue weighted by Crippen LogP contribution is -2.23. The fraction of sp³-hybridized carbons (Fsp3) is 0.652. The molecule has 0 atom stereocenters. The van der Waals surface area contributed by atoms with Gasteiger partial charge in [-0.15, -0.1) is 0 Å². The topological polar surface area (TPSA) is 112 Å². The van der Waals surface area contributed by atoms with Crippen molar-refractivity contribution >= 4 is 17.7 Å². The molecule has 0 aliphatic rings. The number of anilines is 2. The molecule has 0 bridgehead atoms. The van der Waals surface area contributed by atoms with E-state index in [0.29, 0.717) is 29.5 Å². The van der Waals surface area contributed by atoms with Crippen molar-refractivity contribution in [1.29, 1.82) is 0 Å². The first-order valence-electron chi connectivity index (χ1n) is 11.8. The van der Waals surface area contributed by atoms with Crippen molar-refractivity contribution in [2.75, 3.05) is 32.0 Å². The third-order valence-corrected chi connectivity index (χ3v) is 5.43. The second-order valence-corrected chi connectivity index (χ2v) is 7.89. The van der Waals surface area contributed by atoms with Crippen LogP contribution >= 0.6 is 0 Å². The van der Waals surface area contributed by atoms with E-state index in [1.807, 2.05) is 0 Å². The van der Waals surface area contributed by atoms with Crippen LogP contribution in [0.5, 0.6) is 17.2 Å². The molecule has 2 aromatic rings. The Morgan fingerprint density at radius 2 is 1.42 bits per heavy atom. The van der Waals surface area contributed by atoms with Crippen LogP contribution in [0.4, 0.5) is 16.4 Å². The first kappa shape index (κ1) is 26.2. The summed E-state index contributed by atoms with van der Waals surface area (Å²) < 4.78 is 17.6. The Hall–Kier alpha value is -3.04. The van der Waals surface area contributed by atoms with Gasteiger partial charge in [-0.1, -0.05) is 69.8 Å². The Morgan fingerprint density at radius 1 is 0.848 bits per heavy atom. The molecule has 10 heteroatoms. The van der Waals surface area contributed by atoms with Gasteiger partial charge in [-0.3, -0.25) is 5.32 Å². The molecule has 0 unspecified atom stereocenters. The molecule has 2 amide bonds. The number of benzene rings is 1. The molecule has 2 N–H and O–H groups in total. The number of aromatic nitrogens is 4. The number of hydrogen-bond donors (Lipinski definition) is 2. The van der Waals surface area contributed by atoms with Crippen LogP contribution in [-0.2, 0) is 6.54 Å². The number of urea groups is 1. The fourth-order valence-electron chi connectivity index (χ4n) is 3.57. The largest absolute Gasteiger partial charge is 0.496 e. The van der Waals surface area contributed by atoms with Crippen molar-refractivity contribution in [2.45, 2.75) is 77.7 Å². The average molecular weight is 463 g/mol. The zero-order valence-corrected chi connectivity index (χ0v) is 20.4. The summed E-state index contributed by atoms with van der Waals surface area (Å²) in [6.45, 7) is 2.89. The van der Waals surface area contributed by atoms with Gasteiger partial charge in [-0.2, -0.15) is 0 Å². The van der Waals surface area contributed by atoms with E-state index < -0.39 is 6.03 Å². The number of rotatable bonds is 16. The minimum Gasteiger partial charge on any atom is -0.496 e. The van der Waals surface area contributed by atoms with Gasteiger partial charge in [0.2, 0.25) is 0 Å². The molecule has 1 aromatic carbocycles. The lowest BCUT2D eigenvalue weighted by molar-refractivity contribution is 0.261. The van der Waals surface area contributed by atoms with Crippen LogP contribution < -0.4 is 24.8 Å². The van der Waals surface area contributed by atoms with Crippen molar-refractivity contribution in [1.82, 2.24) is 20.2 Å². The minimum atomic E-state index is -0.504. The number of amides is 2. The molecule has 0 saturated carbocycles. The lowest BCUT2D eigenvalue weighted by Gasteiger charge is -2.16. The van der Waals surface area contributed by atoms with Crippen molar-refractivity contribution in [3.05, 3.63) is 12.1 Å². The highest BCUT2D eigenvalue weighted by molar-refractivity contribution is 6.01. The fourth-order valence-corrected chi connectivity index (χ4v) is 3.57. The van der Waals surface area contributed by atoms with Crippen molar-refractivity contribution in [3.8, 4) is 17.2 Å². The summed E-state index contributed by atoms with van der Waals surface area (Å²) in [6.07, 6.45) is 12.5. The van der Waals surface area contributed by atoms with Crippen LogP contribution in [0, 0.1) is 0 Å². The third-order valence-electron chi connectivity index (χ3n) is 5.43. The zero-order chi connectivity index (χ0) is 23.9. The number of ether oxygens (including phenoxy) is 3. The van der Waals surface area contributed by atoms with E-state index in [2.05, 4.69) is 33.1 Å². The van der Waals surface area contributed by atoms with E-state index in [9.17, 15) is 4.79 Å². The van der Waals surface area contributed by atoms with Crippen LogP contribution in [0.3, 0.4) is 0 Å². The number of tetrazole rings is 1. The Bertz CT molecular complexity index is 817. The Morgan fingerprint density at radius 3 is 1.97 bits per heavy atom. The molecule has 0 radical (unpaired) electrons. The first-order chi connectivity index (χ1) is 16.1. The predicted molar refractivity (Wildman–Crippen MR) is 128 cm³/mol. The smallest absolute Gasteiger partial charge is 0.326 e. The maximum Gasteiger partial charge on any atom is 0.326 e. The van der Waals surface area contributed by atoms with E-state index in [1.54, 1.807) is 23.9 Å². The molecule has 10 nitrogen and oxygen atoms in total. The molecular formula is C23H38N6O4. The van der Waals surface area contributed by atoms with Gasteiger partial charge in [0, 0.05) is 18.7 Å². The molecular weight excluding hydrogens is 424 g/mol. The summed E-state index contributed by atoms with van der Waals surface area (Å²) in [5.74, 6) is 1.66. The molecule has 0 fully saturated rings. The quantitative estimate of drug-likeness (QED) is 0.327. The standard InChI is InChI=1S/C23H38N6O4/c1-5-6-7-8-9-10-11-12-13-14-15-29-22(26-27-28-29)25-23(30)24-21-19(32-3)16-18(31-2)17-20(21)33-4/h16-17H,5-15H2,1-4H3,(H2,24,25,26,28,30). The molecule has 0 aliphatic carbocycles. The van der Waals surface area contributed by atoms with Gasteiger partial charge in [0.1, 0.15) is 22.9 Å². The van der Waals surface area contributed by atoms with Gasteiger partial charge >= 0.3 is 6.03 Å². The van der Waals surface area contributed by atoms with Crippen LogP contribution in [-0.4, -0.2) is 47.6 Å². The lowest BCUT2D eigenvalue weighted by atomic mass is 10.1. The Kier molecular flexibility index (Phi) is 11.8. The third kappa shape index (κ3) is 8.78. The molecule has 1 aromatic heterocycles. The number of unbranched alkanes of at least 4 members (excludes halogenated alkanes) is 9. The summed E-state index contributed by atoms with van der Waals surface area (Å²) >= 11 is 0. The minimum absolute atomic E-state index is 0.287. The van der Waals surface area contributed by atoms with Crippen LogP contribution in [0.1, 0.15) is 71.1 Å². The van der Waals surface area contributed by atoms with E-state index in [1.165, 1.54) is 65.6 Å². The highest BCUT2D eigenvalue weighted by atomic mass is 16.5. The Labute approximate surface area is 196 Å². The van der Waals surface area contributed by atoms with Gasteiger partial charge in [0.25, 0.3) is 5.95 Å². The molecule has 0 aliphatic heterocycles. The van der Waals surface area contributed by atoms with Crippen LogP contribution in [0.2, 0.25) is 0 Å². The summed E-state index contributed by atoms with van der Waals surface area (Å²) in [5, 5.41) is 17.0. The average Bonchev–Trinajstić information content (AvgIpc) is 3.26. The maximum atomic E-state index is 12.6. The van der Waals surface area contributed by atoms with Gasteiger partial charge in [-0.25, -0.2) is 9.48 Å². The molecule has 0 saturated heterocycles. The second-order valence-electron chi connectivity index (χ2n) is 7.89. The summed E-state index contributed by atoms with van der Waals surface area (Å²) in [4.78, 5) is 12.6. The van der Waals surface area contributed by atoms with Gasteiger partial charge < -0.3 is 19.5 Å². The maximum absolute atomic E-state index is 12.6. The van der Waals surface area contributed by atoms with E-state index >= 15 is 0 Å². The number of methoxy groups -OCH3 is 3. The number of nitrogens with zero attached hydrogens (tertiary/aromatic N) is 4. The molecule has 0 spiro atoms. The number of carbonyl (C=O) groups is 1. The van der Waals surface area contributed by atoms with E-state index in [0.717, 1.165) is 12.8 Å². The number of nitrogens with one attached hydrogen (secondary N) is 2. The van der Waals surface area contributed by atoms with Gasteiger partial charge in [0.05, 0.1) is 21.3 Å². The predicted octanol–water partition coefficient (Wildman–Crippen LogP) is 5.26. The normalized spacial score (nSPS) is 10.7. The highest BCUT2D eigenvalue weighted by Crippen LogP contribution is 2.38. The molecule has 2 rings (SSSR count). The molecule has 184 valence electrons. The summed E-state index contributed by atoms with van der Waals surface area (Å²) in [7, 11) is 4.55. The van der Waals surface area contributed by atoms with Gasteiger partial charge in [0.15, 0.2) is 0 Å². The summed E-state index contributed by atoms with van der Waals surface area (Å²) in [6, 6.07) is 2.82. The van der Waals surface area contributed by atoms with Gasteiger partial charge in [-0.05, 0) is 16.8 Å². The number of aryl methyl sites for hydroxylation is 1. The van der Waals surface area contributed by atoms with Crippen molar-refractivity contribution in [3.63, 3.8) is 0 Å². The molecule has 1 heterocycles. The first-order valence-corrected chi connectivity index (χ1v) is 11.8.